The summed E-state index contributed by atoms with van der Waals surface area (Å²) in [5.41, 5.74) is 7.00. The fourth-order valence-corrected chi connectivity index (χ4v) is 1.54. The van der Waals surface area contributed by atoms with Crippen molar-refractivity contribution in [3.63, 3.8) is 0 Å². The van der Waals surface area contributed by atoms with E-state index in [2.05, 4.69) is 0 Å². The van der Waals surface area contributed by atoms with Crippen LogP contribution in [0.1, 0.15) is 25.8 Å². The van der Waals surface area contributed by atoms with E-state index in [4.69, 9.17) is 5.73 Å². The molecule has 0 saturated carbocycles. The van der Waals surface area contributed by atoms with Crippen LogP contribution < -0.4 is 5.73 Å². The highest BCUT2D eigenvalue weighted by atomic mass is 16.1. The highest BCUT2D eigenvalue weighted by molar-refractivity contribution is 5.86. The molecule has 1 aromatic rings. The summed E-state index contributed by atoms with van der Waals surface area (Å²) in [5, 5.41) is 0. The van der Waals surface area contributed by atoms with Crippen molar-refractivity contribution in [2.75, 3.05) is 0 Å². The van der Waals surface area contributed by atoms with Gasteiger partial charge in [0.25, 0.3) is 0 Å². The lowest BCUT2D eigenvalue weighted by atomic mass is 9.94. The topological polar surface area (TPSA) is 43.1 Å². The van der Waals surface area contributed by atoms with Crippen LogP contribution in [-0.2, 0) is 11.2 Å². The second kappa shape index (κ2) is 5.66. The van der Waals surface area contributed by atoms with Gasteiger partial charge in [-0.3, -0.25) is 4.79 Å². The number of hydrogen-bond donors (Lipinski definition) is 1. The van der Waals surface area contributed by atoms with Crippen LogP contribution in [0, 0.1) is 5.92 Å². The third-order valence-corrected chi connectivity index (χ3v) is 2.76. The number of rotatable bonds is 5. The van der Waals surface area contributed by atoms with Crippen molar-refractivity contribution in [1.29, 1.82) is 0 Å². The predicted octanol–water partition coefficient (Wildman–Crippen LogP) is 2.17. The van der Waals surface area contributed by atoms with E-state index in [1.54, 1.807) is 0 Å². The summed E-state index contributed by atoms with van der Waals surface area (Å²) < 4.78 is 0. The Morgan fingerprint density at radius 1 is 1.33 bits per heavy atom. The van der Waals surface area contributed by atoms with E-state index in [0.717, 1.165) is 12.0 Å². The van der Waals surface area contributed by atoms with Crippen molar-refractivity contribution in [1.82, 2.24) is 0 Å². The Morgan fingerprint density at radius 2 is 1.93 bits per heavy atom. The van der Waals surface area contributed by atoms with Crippen molar-refractivity contribution < 1.29 is 4.79 Å². The molecule has 2 atom stereocenters. The molecule has 2 N–H and O–H groups in total. The van der Waals surface area contributed by atoms with Gasteiger partial charge in [-0.05, 0) is 18.4 Å². The highest BCUT2D eigenvalue weighted by Gasteiger charge is 2.18. The average molecular weight is 205 g/mol. The maximum atomic E-state index is 11.8. The first kappa shape index (κ1) is 11.9. The normalized spacial score (nSPS) is 14.6. The minimum Gasteiger partial charge on any atom is -0.321 e. The Balaban J connectivity index is 2.56. The molecule has 1 rings (SSSR count). The van der Waals surface area contributed by atoms with E-state index in [-0.39, 0.29) is 17.7 Å². The summed E-state index contributed by atoms with van der Waals surface area (Å²) in [6.45, 7) is 3.95. The molecule has 1 aromatic carbocycles. The summed E-state index contributed by atoms with van der Waals surface area (Å²) in [6, 6.07) is 9.55. The van der Waals surface area contributed by atoms with Gasteiger partial charge in [0.2, 0.25) is 0 Å². The van der Waals surface area contributed by atoms with Gasteiger partial charge in [0.1, 0.15) is 0 Å². The molecule has 0 aromatic heterocycles. The second-order valence-electron chi connectivity index (χ2n) is 4.01. The van der Waals surface area contributed by atoms with Crippen molar-refractivity contribution in [3.05, 3.63) is 35.9 Å². The Morgan fingerprint density at radius 3 is 2.47 bits per heavy atom. The standard InChI is InChI=1S/C13H19NO/c1-3-10(2)13(15)12(14)9-11-7-5-4-6-8-11/h4-8,10,12H,3,9,14H2,1-2H3/t10?,12-/m0/s1. The second-order valence-corrected chi connectivity index (χ2v) is 4.01. The van der Waals surface area contributed by atoms with E-state index >= 15 is 0 Å². The monoisotopic (exact) mass is 205 g/mol. The van der Waals surface area contributed by atoms with Gasteiger partial charge < -0.3 is 5.73 Å². The number of Topliss-reactive ketones (excluding diaryl/α,β-unsaturated/α-hetero) is 1. The maximum Gasteiger partial charge on any atom is 0.152 e. The predicted molar refractivity (Wildman–Crippen MR) is 62.6 cm³/mol. The van der Waals surface area contributed by atoms with Gasteiger partial charge in [0, 0.05) is 5.92 Å². The van der Waals surface area contributed by atoms with Crippen LogP contribution in [-0.4, -0.2) is 11.8 Å². The van der Waals surface area contributed by atoms with E-state index in [1.807, 2.05) is 44.2 Å². The molecule has 0 aliphatic rings. The minimum absolute atomic E-state index is 0.0729. The molecular formula is C13H19NO. The maximum absolute atomic E-state index is 11.8. The van der Waals surface area contributed by atoms with Gasteiger partial charge in [0.15, 0.2) is 5.78 Å². The third-order valence-electron chi connectivity index (χ3n) is 2.76. The number of ketones is 1. The molecule has 0 amide bonds. The molecule has 0 aliphatic heterocycles. The number of benzene rings is 1. The lowest BCUT2D eigenvalue weighted by Gasteiger charge is -2.14. The quantitative estimate of drug-likeness (QED) is 0.800. The van der Waals surface area contributed by atoms with Gasteiger partial charge in [-0.15, -0.1) is 0 Å². The van der Waals surface area contributed by atoms with Crippen LogP contribution in [0.3, 0.4) is 0 Å². The van der Waals surface area contributed by atoms with Crippen LogP contribution in [0.4, 0.5) is 0 Å². The smallest absolute Gasteiger partial charge is 0.152 e. The first-order valence-corrected chi connectivity index (χ1v) is 5.48. The summed E-state index contributed by atoms with van der Waals surface area (Å²) in [4.78, 5) is 11.8. The zero-order chi connectivity index (χ0) is 11.3. The van der Waals surface area contributed by atoms with Crippen LogP contribution in [0.2, 0.25) is 0 Å². The number of nitrogens with two attached hydrogens (primary N) is 1. The van der Waals surface area contributed by atoms with Crippen molar-refractivity contribution in [2.45, 2.75) is 32.7 Å². The lowest BCUT2D eigenvalue weighted by Crippen LogP contribution is -2.36. The zero-order valence-corrected chi connectivity index (χ0v) is 9.44. The fraction of sp³-hybridized carbons (Fsp3) is 0.462. The molecular weight excluding hydrogens is 186 g/mol. The highest BCUT2D eigenvalue weighted by Crippen LogP contribution is 2.09. The van der Waals surface area contributed by atoms with E-state index in [0.29, 0.717) is 6.42 Å². The van der Waals surface area contributed by atoms with E-state index < -0.39 is 0 Å². The van der Waals surface area contributed by atoms with E-state index in [1.165, 1.54) is 0 Å². The molecule has 0 bridgehead atoms. The van der Waals surface area contributed by atoms with Crippen molar-refractivity contribution in [2.24, 2.45) is 11.7 Å². The lowest BCUT2D eigenvalue weighted by molar-refractivity contribution is -0.123. The van der Waals surface area contributed by atoms with Crippen LogP contribution in [0.15, 0.2) is 30.3 Å². The minimum atomic E-state index is -0.359. The molecule has 0 spiro atoms. The number of hydrogen-bond acceptors (Lipinski definition) is 2. The number of carbonyl (C=O) groups excluding carboxylic acids is 1. The van der Waals surface area contributed by atoms with E-state index in [9.17, 15) is 4.79 Å². The third kappa shape index (κ3) is 3.48. The molecule has 82 valence electrons. The van der Waals surface area contributed by atoms with Crippen molar-refractivity contribution in [3.8, 4) is 0 Å². The van der Waals surface area contributed by atoms with Gasteiger partial charge in [-0.1, -0.05) is 44.2 Å². The average Bonchev–Trinajstić information content (AvgIpc) is 2.28. The van der Waals surface area contributed by atoms with Crippen LogP contribution >= 0.6 is 0 Å². The molecule has 1 unspecified atom stereocenters. The summed E-state index contributed by atoms with van der Waals surface area (Å²) in [6.07, 6.45) is 1.51. The summed E-state index contributed by atoms with van der Waals surface area (Å²) >= 11 is 0. The van der Waals surface area contributed by atoms with Gasteiger partial charge >= 0.3 is 0 Å². The number of carbonyl (C=O) groups is 1. The Labute approximate surface area is 91.5 Å². The first-order chi connectivity index (χ1) is 7.15. The summed E-state index contributed by atoms with van der Waals surface area (Å²) in [5.74, 6) is 0.241. The Kier molecular flexibility index (Phi) is 4.50. The molecule has 0 fully saturated rings. The molecule has 2 heteroatoms. The Bertz CT molecular complexity index is 308. The first-order valence-electron chi connectivity index (χ1n) is 5.48. The van der Waals surface area contributed by atoms with Crippen LogP contribution in [0.5, 0.6) is 0 Å². The molecule has 0 saturated heterocycles. The summed E-state index contributed by atoms with van der Waals surface area (Å²) in [7, 11) is 0. The Hall–Kier alpha value is -1.15. The molecule has 2 nitrogen and oxygen atoms in total. The largest absolute Gasteiger partial charge is 0.321 e. The molecule has 15 heavy (non-hydrogen) atoms. The molecule has 0 radical (unpaired) electrons. The van der Waals surface area contributed by atoms with Crippen LogP contribution in [0.25, 0.3) is 0 Å². The van der Waals surface area contributed by atoms with Crippen molar-refractivity contribution >= 4 is 5.78 Å². The SMILES string of the molecule is CCC(C)C(=O)[C@@H](N)Cc1ccccc1. The zero-order valence-electron chi connectivity index (χ0n) is 9.44. The van der Waals surface area contributed by atoms with Gasteiger partial charge in [0.05, 0.1) is 6.04 Å². The molecule has 0 aliphatic carbocycles. The fourth-order valence-electron chi connectivity index (χ4n) is 1.54. The van der Waals surface area contributed by atoms with Gasteiger partial charge in [-0.25, -0.2) is 0 Å². The van der Waals surface area contributed by atoms with Gasteiger partial charge in [-0.2, -0.15) is 0 Å². The molecule has 0 heterocycles.